The number of fused-ring (bicyclic) bond motifs is 3. The van der Waals surface area contributed by atoms with Gasteiger partial charge in [0.25, 0.3) is 0 Å². The molecular formula is C24H24O7. The largest absolute Gasteiger partial charge is 0.507 e. The molecule has 7 heteroatoms. The van der Waals surface area contributed by atoms with Crippen molar-refractivity contribution in [2.75, 3.05) is 0 Å². The molecule has 0 spiro atoms. The van der Waals surface area contributed by atoms with Crippen LogP contribution in [0, 0.1) is 0 Å². The predicted molar refractivity (Wildman–Crippen MR) is 111 cm³/mol. The lowest BCUT2D eigenvalue weighted by molar-refractivity contribution is -0.147. The molecule has 0 saturated heterocycles. The van der Waals surface area contributed by atoms with Crippen LogP contribution in [0.3, 0.4) is 0 Å². The standard InChI is InChI=1S/C24H24O7/c1-11(25)24(30)9-14-16(15(10-24)31-23(2,3)4)22(29)18-17(21(14)28)19(26)12-7-5-6-8-13(12)20(18)27/h5-8,15,28-30H,9-10H2,1-4H3/t15-,24+/m1/s1. The number of phenols is 2. The van der Waals surface area contributed by atoms with Gasteiger partial charge >= 0.3 is 0 Å². The average molecular weight is 424 g/mol. The Hall–Kier alpha value is -3.03. The first-order chi connectivity index (χ1) is 14.4. The summed E-state index contributed by atoms with van der Waals surface area (Å²) in [6.07, 6.45) is -1.44. The number of ether oxygens (including phenoxy) is 1. The average Bonchev–Trinajstić information content (AvgIpc) is 2.67. The Bertz CT molecular complexity index is 1160. The van der Waals surface area contributed by atoms with E-state index in [2.05, 4.69) is 0 Å². The van der Waals surface area contributed by atoms with E-state index < -0.39 is 46.2 Å². The Balaban J connectivity index is 2.03. The van der Waals surface area contributed by atoms with E-state index in [0.29, 0.717) is 0 Å². The quantitative estimate of drug-likeness (QED) is 0.541. The summed E-state index contributed by atoms with van der Waals surface area (Å²) >= 11 is 0. The summed E-state index contributed by atoms with van der Waals surface area (Å²) in [5.41, 5.74) is -2.75. The van der Waals surface area contributed by atoms with Crippen LogP contribution in [0.1, 0.15) is 83.2 Å². The molecule has 0 aromatic heterocycles. The van der Waals surface area contributed by atoms with E-state index in [1.54, 1.807) is 32.9 Å². The molecule has 7 nitrogen and oxygen atoms in total. The number of ketones is 3. The maximum Gasteiger partial charge on any atom is 0.198 e. The molecule has 2 aromatic carbocycles. The number of carbonyl (C=O) groups excluding carboxylic acids is 3. The third kappa shape index (κ3) is 3.16. The molecule has 0 saturated carbocycles. The molecule has 2 aliphatic carbocycles. The number of carbonyl (C=O) groups is 3. The summed E-state index contributed by atoms with van der Waals surface area (Å²) in [7, 11) is 0. The van der Waals surface area contributed by atoms with Crippen molar-refractivity contribution < 1.29 is 34.4 Å². The van der Waals surface area contributed by atoms with Crippen molar-refractivity contribution in [3.05, 3.63) is 57.6 Å². The number of rotatable bonds is 2. The van der Waals surface area contributed by atoms with Crippen molar-refractivity contribution >= 4 is 17.3 Å². The highest BCUT2D eigenvalue weighted by Gasteiger charge is 2.48. The Labute approximate surface area is 179 Å². The lowest BCUT2D eigenvalue weighted by Gasteiger charge is -2.40. The lowest BCUT2D eigenvalue weighted by Crippen LogP contribution is -2.45. The Morgan fingerprint density at radius 1 is 1.03 bits per heavy atom. The smallest absolute Gasteiger partial charge is 0.198 e. The number of aromatic hydroxyl groups is 2. The molecule has 0 bridgehead atoms. The van der Waals surface area contributed by atoms with Gasteiger partial charge in [0.1, 0.15) is 17.1 Å². The van der Waals surface area contributed by atoms with Crippen LogP contribution in [0.25, 0.3) is 0 Å². The van der Waals surface area contributed by atoms with E-state index in [-0.39, 0.29) is 46.2 Å². The fraction of sp³-hybridized carbons (Fsp3) is 0.375. The number of hydrogen-bond donors (Lipinski definition) is 3. The summed E-state index contributed by atoms with van der Waals surface area (Å²) < 4.78 is 6.03. The molecule has 0 amide bonds. The van der Waals surface area contributed by atoms with E-state index in [1.165, 1.54) is 19.1 Å². The molecule has 2 atom stereocenters. The second-order valence-electron chi connectivity index (χ2n) is 9.23. The van der Waals surface area contributed by atoms with Crippen LogP contribution in [-0.4, -0.2) is 43.9 Å². The van der Waals surface area contributed by atoms with Crippen molar-refractivity contribution in [2.24, 2.45) is 0 Å². The lowest BCUT2D eigenvalue weighted by atomic mass is 9.72. The van der Waals surface area contributed by atoms with Gasteiger partial charge in [0.15, 0.2) is 17.3 Å². The third-order valence-electron chi connectivity index (χ3n) is 5.93. The van der Waals surface area contributed by atoms with Crippen LogP contribution in [0.15, 0.2) is 24.3 Å². The first-order valence-corrected chi connectivity index (χ1v) is 10.1. The molecule has 4 rings (SSSR count). The maximum atomic E-state index is 13.2. The molecule has 0 fully saturated rings. The topological polar surface area (TPSA) is 121 Å². The van der Waals surface area contributed by atoms with Gasteiger partial charge in [-0.3, -0.25) is 14.4 Å². The predicted octanol–water partition coefficient (Wildman–Crippen LogP) is 3.00. The number of phenolic OH excluding ortho intramolecular Hbond substituents is 2. The first-order valence-electron chi connectivity index (χ1n) is 10.1. The van der Waals surface area contributed by atoms with E-state index >= 15 is 0 Å². The molecular weight excluding hydrogens is 400 g/mol. The zero-order chi connectivity index (χ0) is 22.9. The summed E-state index contributed by atoms with van der Waals surface area (Å²) in [5.74, 6) is -2.69. The van der Waals surface area contributed by atoms with Crippen LogP contribution in [0.4, 0.5) is 0 Å². The van der Waals surface area contributed by atoms with E-state index in [1.807, 2.05) is 0 Å². The van der Waals surface area contributed by atoms with Crippen LogP contribution in [0.2, 0.25) is 0 Å². The van der Waals surface area contributed by atoms with Crippen molar-refractivity contribution in [3.8, 4) is 11.5 Å². The fourth-order valence-corrected chi connectivity index (χ4v) is 4.48. The third-order valence-corrected chi connectivity index (χ3v) is 5.93. The first kappa shape index (κ1) is 21.2. The van der Waals surface area contributed by atoms with Gasteiger partial charge in [0, 0.05) is 35.1 Å². The highest BCUT2D eigenvalue weighted by atomic mass is 16.5. The van der Waals surface area contributed by atoms with Crippen LogP contribution in [-0.2, 0) is 16.0 Å². The molecule has 0 unspecified atom stereocenters. The second-order valence-corrected chi connectivity index (χ2v) is 9.23. The summed E-state index contributed by atoms with van der Waals surface area (Å²) in [4.78, 5) is 38.5. The molecule has 0 heterocycles. The number of hydrogen-bond acceptors (Lipinski definition) is 7. The van der Waals surface area contributed by atoms with E-state index in [9.17, 15) is 29.7 Å². The van der Waals surface area contributed by atoms with Crippen LogP contribution < -0.4 is 0 Å². The molecule has 0 aliphatic heterocycles. The van der Waals surface area contributed by atoms with Gasteiger partial charge < -0.3 is 20.1 Å². The Morgan fingerprint density at radius 3 is 2.03 bits per heavy atom. The Kier molecular flexibility index (Phi) is 4.61. The monoisotopic (exact) mass is 424 g/mol. The maximum absolute atomic E-state index is 13.2. The molecule has 162 valence electrons. The minimum absolute atomic E-state index is 0.0370. The van der Waals surface area contributed by atoms with Gasteiger partial charge in [-0.15, -0.1) is 0 Å². The van der Waals surface area contributed by atoms with Gasteiger partial charge in [0.05, 0.1) is 22.8 Å². The van der Waals surface area contributed by atoms with Gasteiger partial charge in [0.2, 0.25) is 0 Å². The number of aliphatic hydroxyl groups is 1. The van der Waals surface area contributed by atoms with Gasteiger partial charge in [-0.25, -0.2) is 0 Å². The van der Waals surface area contributed by atoms with Gasteiger partial charge in [-0.05, 0) is 27.7 Å². The van der Waals surface area contributed by atoms with Crippen LogP contribution >= 0.6 is 0 Å². The molecule has 3 N–H and O–H groups in total. The summed E-state index contributed by atoms with van der Waals surface area (Å²) in [6, 6.07) is 6.19. The highest BCUT2D eigenvalue weighted by molar-refractivity contribution is 6.30. The number of Topliss-reactive ketones (excluding diaryl/α,β-unsaturated/α-hetero) is 1. The van der Waals surface area contributed by atoms with Crippen molar-refractivity contribution in [3.63, 3.8) is 0 Å². The normalized spacial score (nSPS) is 22.5. The molecule has 31 heavy (non-hydrogen) atoms. The number of benzene rings is 2. The van der Waals surface area contributed by atoms with Crippen molar-refractivity contribution in [2.45, 2.75) is 57.8 Å². The SMILES string of the molecule is CC(=O)[C@]1(O)Cc2c(O)c3c(c(O)c2[C@H](OC(C)(C)C)C1)C(=O)c1ccccc1C3=O. The summed E-state index contributed by atoms with van der Waals surface area (Å²) in [6.45, 7) is 6.55. The van der Waals surface area contributed by atoms with E-state index in [0.717, 1.165) is 0 Å². The van der Waals surface area contributed by atoms with Crippen molar-refractivity contribution in [1.29, 1.82) is 0 Å². The molecule has 0 radical (unpaired) electrons. The second kappa shape index (κ2) is 6.73. The summed E-state index contributed by atoms with van der Waals surface area (Å²) in [5, 5.41) is 33.2. The van der Waals surface area contributed by atoms with Crippen molar-refractivity contribution in [1.82, 2.24) is 0 Å². The molecule has 2 aliphatic rings. The highest BCUT2D eigenvalue weighted by Crippen LogP contribution is 2.52. The molecule has 2 aromatic rings. The van der Waals surface area contributed by atoms with Gasteiger partial charge in [-0.2, -0.15) is 0 Å². The Morgan fingerprint density at radius 2 is 1.55 bits per heavy atom. The zero-order valence-corrected chi connectivity index (χ0v) is 17.8. The zero-order valence-electron chi connectivity index (χ0n) is 17.8. The van der Waals surface area contributed by atoms with E-state index in [4.69, 9.17) is 4.74 Å². The van der Waals surface area contributed by atoms with Gasteiger partial charge in [-0.1, -0.05) is 24.3 Å². The fourth-order valence-electron chi connectivity index (χ4n) is 4.48. The van der Waals surface area contributed by atoms with Crippen LogP contribution in [0.5, 0.6) is 11.5 Å². The minimum atomic E-state index is -1.85. The minimum Gasteiger partial charge on any atom is -0.507 e.